The first-order valence-corrected chi connectivity index (χ1v) is 10.7. The number of hydrogen-bond acceptors (Lipinski definition) is 2. The Balaban J connectivity index is 1.78. The van der Waals surface area contributed by atoms with E-state index in [4.69, 9.17) is 0 Å². The Kier molecular flexibility index (Phi) is 4.13. The zero-order chi connectivity index (χ0) is 18.9. The van der Waals surface area contributed by atoms with Crippen LogP contribution in [0.1, 0.15) is 73.1 Å². The summed E-state index contributed by atoms with van der Waals surface area (Å²) in [6.07, 6.45) is 10.1. The van der Waals surface area contributed by atoms with Gasteiger partial charge in [0.15, 0.2) is 5.78 Å². The molecule has 0 heterocycles. The van der Waals surface area contributed by atoms with Gasteiger partial charge in [0.25, 0.3) is 0 Å². The molecule has 4 rings (SSSR count). The fourth-order valence-corrected chi connectivity index (χ4v) is 7.45. The largest absolute Gasteiger partial charge is 0.299 e. The van der Waals surface area contributed by atoms with Gasteiger partial charge in [-0.05, 0) is 60.8 Å². The molecule has 0 spiro atoms. The highest BCUT2D eigenvalue weighted by atomic mass is 16.1. The Morgan fingerprint density at radius 1 is 1.23 bits per heavy atom. The first-order valence-electron chi connectivity index (χ1n) is 10.7. The zero-order valence-corrected chi connectivity index (χ0v) is 17.1. The van der Waals surface area contributed by atoms with Crippen molar-refractivity contribution in [2.75, 3.05) is 0 Å². The molecule has 26 heavy (non-hydrogen) atoms. The first-order chi connectivity index (χ1) is 12.2. The summed E-state index contributed by atoms with van der Waals surface area (Å²) in [6.45, 7) is 11.5. The lowest BCUT2D eigenvalue weighted by molar-refractivity contribution is -0.128. The highest BCUT2D eigenvalue weighted by molar-refractivity contribution is 5.92. The molecule has 0 aliphatic heterocycles. The van der Waals surface area contributed by atoms with Crippen LogP contribution in [0.5, 0.6) is 0 Å². The predicted octanol–water partition coefficient (Wildman–Crippen LogP) is 5.53. The van der Waals surface area contributed by atoms with Crippen molar-refractivity contribution in [2.24, 2.45) is 40.4 Å². The Bertz CT molecular complexity index is 714. The second kappa shape index (κ2) is 5.91. The topological polar surface area (TPSA) is 34.1 Å². The van der Waals surface area contributed by atoms with Crippen LogP contribution in [-0.2, 0) is 9.59 Å². The van der Waals surface area contributed by atoms with Gasteiger partial charge in [-0.1, -0.05) is 51.8 Å². The normalized spacial score (nSPS) is 47.4. The third-order valence-electron chi connectivity index (χ3n) is 8.71. The van der Waals surface area contributed by atoms with Crippen LogP contribution in [0.15, 0.2) is 23.3 Å². The molecule has 3 unspecified atom stereocenters. The molecule has 0 bridgehead atoms. The number of Topliss-reactive ketones (excluding diaryl/α,β-unsaturated/α-hetero) is 1. The smallest absolute Gasteiger partial charge is 0.155 e. The van der Waals surface area contributed by atoms with Gasteiger partial charge in [-0.15, -0.1) is 0 Å². The van der Waals surface area contributed by atoms with Gasteiger partial charge in [0.1, 0.15) is 5.78 Å². The molecule has 0 aromatic rings. The van der Waals surface area contributed by atoms with Gasteiger partial charge in [-0.2, -0.15) is 0 Å². The molecule has 4 aliphatic carbocycles. The van der Waals surface area contributed by atoms with Gasteiger partial charge in [-0.25, -0.2) is 0 Å². The predicted molar refractivity (Wildman–Crippen MR) is 105 cm³/mol. The summed E-state index contributed by atoms with van der Waals surface area (Å²) >= 11 is 0. The van der Waals surface area contributed by atoms with Gasteiger partial charge in [0.05, 0.1) is 0 Å². The zero-order valence-electron chi connectivity index (χ0n) is 17.1. The average molecular weight is 355 g/mol. The van der Waals surface area contributed by atoms with Crippen LogP contribution in [0.4, 0.5) is 0 Å². The van der Waals surface area contributed by atoms with E-state index in [2.05, 4.69) is 33.8 Å². The van der Waals surface area contributed by atoms with Crippen molar-refractivity contribution in [3.63, 3.8) is 0 Å². The maximum Gasteiger partial charge on any atom is 0.155 e. The van der Waals surface area contributed by atoms with E-state index in [1.807, 2.05) is 13.0 Å². The van der Waals surface area contributed by atoms with Crippen molar-refractivity contribution in [2.45, 2.75) is 73.1 Å². The molecule has 142 valence electrons. The fourth-order valence-electron chi connectivity index (χ4n) is 7.45. The maximum absolute atomic E-state index is 12.8. The molecular formula is C24H34O2. The van der Waals surface area contributed by atoms with Crippen molar-refractivity contribution in [1.82, 2.24) is 0 Å². The van der Waals surface area contributed by atoms with Gasteiger partial charge >= 0.3 is 0 Å². The third-order valence-corrected chi connectivity index (χ3v) is 8.71. The van der Waals surface area contributed by atoms with Gasteiger partial charge in [0, 0.05) is 24.2 Å². The molecule has 0 radical (unpaired) electrons. The highest BCUT2D eigenvalue weighted by Crippen LogP contribution is 2.66. The van der Waals surface area contributed by atoms with Gasteiger partial charge in [-0.3, -0.25) is 9.59 Å². The quantitative estimate of drug-likeness (QED) is 0.611. The summed E-state index contributed by atoms with van der Waals surface area (Å²) in [6, 6.07) is 0. The maximum atomic E-state index is 12.8. The number of hydrogen-bond donors (Lipinski definition) is 0. The Labute approximate surface area is 158 Å². The number of carbonyl (C=O) groups is 2. The Hall–Kier alpha value is -1.18. The van der Waals surface area contributed by atoms with Crippen LogP contribution in [0.25, 0.3) is 0 Å². The summed E-state index contributed by atoms with van der Waals surface area (Å²) in [7, 11) is 0. The van der Waals surface area contributed by atoms with Crippen LogP contribution in [0.3, 0.4) is 0 Å². The molecule has 4 aliphatic rings. The molecule has 7 atom stereocenters. The van der Waals surface area contributed by atoms with Crippen LogP contribution in [0, 0.1) is 40.4 Å². The standard InChI is InChI=1S/C24H34O2/c1-6-20(26)22-15(3)12-19-21-14(2)11-16-13-17(25)7-9-23(16,4)18(21)8-10-24(19,22)5/h8,13-15,19,21-22H,6-7,9-12H2,1-5H3/t14?,15-,19?,21?,22+,23-,24-/m0/s1. The van der Waals surface area contributed by atoms with E-state index in [0.717, 1.165) is 19.3 Å². The summed E-state index contributed by atoms with van der Waals surface area (Å²) in [5.74, 6) is 3.27. The minimum Gasteiger partial charge on any atom is -0.299 e. The highest BCUT2D eigenvalue weighted by Gasteiger charge is 2.60. The summed E-state index contributed by atoms with van der Waals surface area (Å²) in [5.41, 5.74) is 3.19. The van der Waals surface area contributed by atoms with Gasteiger partial charge in [0.2, 0.25) is 0 Å². The van der Waals surface area contributed by atoms with E-state index in [9.17, 15) is 9.59 Å². The molecule has 0 aromatic heterocycles. The number of fused-ring (bicyclic) bond motifs is 5. The van der Waals surface area contributed by atoms with Gasteiger partial charge < -0.3 is 0 Å². The monoisotopic (exact) mass is 354 g/mol. The van der Waals surface area contributed by atoms with Crippen molar-refractivity contribution in [1.29, 1.82) is 0 Å². The molecule has 0 aromatic carbocycles. The Morgan fingerprint density at radius 3 is 2.65 bits per heavy atom. The van der Waals surface area contributed by atoms with Crippen LogP contribution in [0.2, 0.25) is 0 Å². The second-order valence-corrected chi connectivity index (χ2v) is 10.2. The molecule has 2 fully saturated rings. The second-order valence-electron chi connectivity index (χ2n) is 10.2. The van der Waals surface area contributed by atoms with Crippen molar-refractivity contribution in [3.8, 4) is 0 Å². The molecule has 0 N–H and O–H groups in total. The van der Waals surface area contributed by atoms with Crippen molar-refractivity contribution in [3.05, 3.63) is 23.3 Å². The molecule has 2 heteroatoms. The Morgan fingerprint density at radius 2 is 1.96 bits per heavy atom. The first kappa shape index (κ1) is 18.2. The van der Waals surface area contributed by atoms with Crippen LogP contribution >= 0.6 is 0 Å². The minimum atomic E-state index is 0.0858. The number of carbonyl (C=O) groups excluding carboxylic acids is 2. The van der Waals surface area contributed by atoms with E-state index in [0.29, 0.717) is 48.1 Å². The lowest BCUT2D eigenvalue weighted by atomic mass is 9.48. The van der Waals surface area contributed by atoms with E-state index in [-0.39, 0.29) is 16.7 Å². The minimum absolute atomic E-state index is 0.0858. The lowest BCUT2D eigenvalue weighted by Crippen LogP contribution is -2.48. The fraction of sp³-hybridized carbons (Fsp3) is 0.750. The average Bonchev–Trinajstić information content (AvgIpc) is 2.86. The summed E-state index contributed by atoms with van der Waals surface area (Å²) < 4.78 is 0. The van der Waals surface area contributed by atoms with Crippen LogP contribution in [-0.4, -0.2) is 11.6 Å². The number of allylic oxidation sites excluding steroid dienone is 4. The molecule has 0 saturated heterocycles. The molecule has 2 saturated carbocycles. The molecule has 2 nitrogen and oxygen atoms in total. The SMILES string of the molecule is CCC(=O)[C@H]1[C@@H](C)CC2C3C(=CC[C@@]21C)[C@@]1(C)CCC(=O)C=C1CC3C. The molecule has 0 amide bonds. The lowest BCUT2D eigenvalue weighted by Gasteiger charge is -2.55. The van der Waals surface area contributed by atoms with Crippen LogP contribution < -0.4 is 0 Å². The van der Waals surface area contributed by atoms with E-state index in [1.54, 1.807) is 5.57 Å². The third kappa shape index (κ3) is 2.29. The van der Waals surface area contributed by atoms with E-state index in [1.165, 1.54) is 12.0 Å². The summed E-state index contributed by atoms with van der Waals surface area (Å²) in [4.78, 5) is 24.8. The van der Waals surface area contributed by atoms with Crippen molar-refractivity contribution < 1.29 is 9.59 Å². The molecular weight excluding hydrogens is 320 g/mol. The van der Waals surface area contributed by atoms with Crippen molar-refractivity contribution >= 4 is 11.6 Å². The number of rotatable bonds is 2. The van der Waals surface area contributed by atoms with E-state index >= 15 is 0 Å². The van der Waals surface area contributed by atoms with E-state index < -0.39 is 0 Å². The number of ketones is 2. The summed E-state index contributed by atoms with van der Waals surface area (Å²) in [5, 5.41) is 0.